The Morgan fingerprint density at radius 3 is 2.16 bits per heavy atom. The minimum atomic E-state index is -2.07. The van der Waals surface area contributed by atoms with Gasteiger partial charge in [-0.05, 0) is 37.2 Å². The number of carbonyl (C=O) groups is 1. The first-order valence-corrected chi connectivity index (χ1v) is 9.82. The largest absolute Gasteiger partial charge is 0.542 e. The molecule has 0 amide bonds. The van der Waals surface area contributed by atoms with Crippen molar-refractivity contribution in [2.45, 2.75) is 45.8 Å². The van der Waals surface area contributed by atoms with E-state index in [0.29, 0.717) is 21.4 Å². The van der Waals surface area contributed by atoms with Crippen LogP contribution in [0.2, 0.25) is 28.2 Å². The lowest BCUT2D eigenvalue weighted by Crippen LogP contribution is -2.44. The predicted molar refractivity (Wildman–Crippen MR) is 84.3 cm³/mol. The molecular formula is C14H20Cl2O2Si. The lowest BCUT2D eigenvalue weighted by atomic mass is 10.1. The highest BCUT2D eigenvalue weighted by atomic mass is 35.5. The fourth-order valence-corrected chi connectivity index (χ4v) is 2.76. The van der Waals surface area contributed by atoms with Crippen molar-refractivity contribution in [3.63, 3.8) is 0 Å². The number of carbonyl (C=O) groups excluding carboxylic acids is 1. The number of hydrogen-bond donors (Lipinski definition) is 0. The van der Waals surface area contributed by atoms with Crippen LogP contribution in [0, 0.1) is 0 Å². The van der Waals surface area contributed by atoms with Crippen molar-refractivity contribution in [1.82, 2.24) is 0 Å². The van der Waals surface area contributed by atoms with Gasteiger partial charge in [-0.15, -0.1) is 0 Å². The van der Waals surface area contributed by atoms with Crippen LogP contribution in [0.5, 0.6) is 5.75 Å². The maximum atomic E-state index is 11.7. The van der Waals surface area contributed by atoms with Crippen LogP contribution >= 0.6 is 23.2 Å². The van der Waals surface area contributed by atoms with E-state index in [1.807, 2.05) is 0 Å². The summed E-state index contributed by atoms with van der Waals surface area (Å²) in [7, 11) is -2.07. The first-order chi connectivity index (χ1) is 8.47. The van der Waals surface area contributed by atoms with Gasteiger partial charge < -0.3 is 4.43 Å². The van der Waals surface area contributed by atoms with Crippen LogP contribution < -0.4 is 4.43 Å². The van der Waals surface area contributed by atoms with Gasteiger partial charge in [0.05, 0.1) is 10.6 Å². The lowest BCUT2D eigenvalue weighted by Gasteiger charge is -2.37. The molecule has 19 heavy (non-hydrogen) atoms. The van der Waals surface area contributed by atoms with Gasteiger partial charge in [0.2, 0.25) is 0 Å². The quantitative estimate of drug-likeness (QED) is 0.537. The Hall–Kier alpha value is -0.513. The van der Waals surface area contributed by atoms with Crippen molar-refractivity contribution in [3.05, 3.63) is 27.7 Å². The van der Waals surface area contributed by atoms with Crippen molar-refractivity contribution in [2.24, 2.45) is 0 Å². The van der Waals surface area contributed by atoms with Gasteiger partial charge in [0, 0.05) is 0 Å². The Labute approximate surface area is 126 Å². The van der Waals surface area contributed by atoms with Crippen LogP contribution in [0.25, 0.3) is 0 Å². The molecule has 0 heterocycles. The number of halogens is 2. The minimum absolute atomic E-state index is 0.0205. The molecule has 1 rings (SSSR count). The first-order valence-electron chi connectivity index (χ1n) is 6.15. The predicted octanol–water partition coefficient (Wildman–Crippen LogP) is 5.58. The average molecular weight is 319 g/mol. The summed E-state index contributed by atoms with van der Waals surface area (Å²) in [6.45, 7) is 12.1. The second kappa shape index (κ2) is 5.47. The standard InChI is InChI=1S/C14H20Cl2O2Si/c1-9(17)10-7-8-11(15)12(16)13(10)18-19(5,6)14(2,3)4/h7-8H,1-6H3. The Bertz CT molecular complexity index is 505. The lowest BCUT2D eigenvalue weighted by molar-refractivity contribution is 0.101. The molecule has 0 spiro atoms. The second-order valence-corrected chi connectivity index (χ2v) is 11.7. The Kier molecular flexibility index (Phi) is 4.76. The topological polar surface area (TPSA) is 26.3 Å². The number of Topliss-reactive ketones (excluding diaryl/α,β-unsaturated/α-hetero) is 1. The molecule has 0 saturated carbocycles. The van der Waals surface area contributed by atoms with Gasteiger partial charge in [-0.25, -0.2) is 0 Å². The minimum Gasteiger partial charge on any atom is -0.542 e. The van der Waals surface area contributed by atoms with Crippen LogP contribution in [-0.2, 0) is 0 Å². The van der Waals surface area contributed by atoms with Gasteiger partial charge in [-0.3, -0.25) is 4.79 Å². The summed E-state index contributed by atoms with van der Waals surface area (Å²) in [6, 6.07) is 3.29. The van der Waals surface area contributed by atoms with Gasteiger partial charge in [0.15, 0.2) is 5.78 Å². The molecule has 106 valence electrons. The number of ketones is 1. The normalized spacial score (nSPS) is 12.4. The molecule has 0 N–H and O–H groups in total. The average Bonchev–Trinajstić information content (AvgIpc) is 2.22. The smallest absolute Gasteiger partial charge is 0.250 e. The highest BCUT2D eigenvalue weighted by Crippen LogP contribution is 2.42. The molecule has 2 nitrogen and oxygen atoms in total. The van der Waals surface area contributed by atoms with Crippen LogP contribution in [-0.4, -0.2) is 14.1 Å². The molecule has 1 aromatic rings. The molecule has 1 aromatic carbocycles. The summed E-state index contributed by atoms with van der Waals surface area (Å²) in [5.74, 6) is 0.348. The van der Waals surface area contributed by atoms with Crippen molar-refractivity contribution in [2.75, 3.05) is 0 Å². The molecule has 0 aliphatic rings. The van der Waals surface area contributed by atoms with E-state index in [1.165, 1.54) is 6.92 Å². The van der Waals surface area contributed by atoms with Gasteiger partial charge in [-0.1, -0.05) is 44.0 Å². The van der Waals surface area contributed by atoms with Crippen LogP contribution in [0.4, 0.5) is 0 Å². The maximum Gasteiger partial charge on any atom is 0.250 e. The molecule has 0 aliphatic heterocycles. The fraction of sp³-hybridized carbons (Fsp3) is 0.500. The van der Waals surface area contributed by atoms with Crippen molar-refractivity contribution >= 4 is 37.3 Å². The molecule has 0 bridgehead atoms. The molecule has 0 saturated heterocycles. The van der Waals surface area contributed by atoms with Crippen LogP contribution in [0.1, 0.15) is 38.1 Å². The van der Waals surface area contributed by atoms with Crippen molar-refractivity contribution in [1.29, 1.82) is 0 Å². The third-order valence-electron chi connectivity index (χ3n) is 3.59. The highest BCUT2D eigenvalue weighted by molar-refractivity contribution is 6.75. The summed E-state index contributed by atoms with van der Waals surface area (Å²) in [4.78, 5) is 11.7. The molecule has 5 heteroatoms. The highest BCUT2D eigenvalue weighted by Gasteiger charge is 2.40. The molecule has 0 fully saturated rings. The van der Waals surface area contributed by atoms with E-state index in [0.717, 1.165) is 0 Å². The zero-order valence-electron chi connectivity index (χ0n) is 12.2. The Balaban J connectivity index is 3.35. The number of benzene rings is 1. The van der Waals surface area contributed by atoms with Gasteiger partial charge >= 0.3 is 0 Å². The SMILES string of the molecule is CC(=O)c1ccc(Cl)c(Cl)c1O[Si](C)(C)C(C)(C)C. The van der Waals surface area contributed by atoms with Gasteiger partial charge in [-0.2, -0.15) is 0 Å². The zero-order chi connectivity index (χ0) is 15.0. The second-order valence-electron chi connectivity index (χ2n) is 6.16. The summed E-state index contributed by atoms with van der Waals surface area (Å²) >= 11 is 12.2. The van der Waals surface area contributed by atoms with Crippen molar-refractivity contribution in [3.8, 4) is 5.75 Å². The molecule has 0 unspecified atom stereocenters. The summed E-state index contributed by atoms with van der Waals surface area (Å²) in [6.07, 6.45) is 0. The van der Waals surface area contributed by atoms with Gasteiger partial charge in [0.25, 0.3) is 8.32 Å². The Morgan fingerprint density at radius 2 is 1.74 bits per heavy atom. The molecule has 0 radical (unpaired) electrons. The Morgan fingerprint density at radius 1 is 1.21 bits per heavy atom. The summed E-state index contributed by atoms with van der Waals surface area (Å²) in [5, 5.41) is 0.742. The number of rotatable bonds is 3. The van der Waals surface area contributed by atoms with E-state index < -0.39 is 8.32 Å². The fourth-order valence-electron chi connectivity index (χ4n) is 1.32. The van der Waals surface area contributed by atoms with Crippen LogP contribution in [0.3, 0.4) is 0 Å². The molecule has 0 aromatic heterocycles. The third kappa shape index (κ3) is 3.53. The maximum absolute atomic E-state index is 11.7. The number of hydrogen-bond acceptors (Lipinski definition) is 2. The molecule has 0 aliphatic carbocycles. The monoisotopic (exact) mass is 318 g/mol. The molecular weight excluding hydrogens is 299 g/mol. The van der Waals surface area contributed by atoms with Crippen molar-refractivity contribution < 1.29 is 9.22 Å². The van der Waals surface area contributed by atoms with Crippen LogP contribution in [0.15, 0.2) is 12.1 Å². The van der Waals surface area contributed by atoms with E-state index in [4.69, 9.17) is 27.6 Å². The van der Waals surface area contributed by atoms with E-state index in [2.05, 4.69) is 33.9 Å². The van der Waals surface area contributed by atoms with E-state index in [9.17, 15) is 4.79 Å². The summed E-state index contributed by atoms with van der Waals surface area (Å²) < 4.78 is 6.17. The van der Waals surface area contributed by atoms with E-state index >= 15 is 0 Å². The summed E-state index contributed by atoms with van der Waals surface area (Å²) in [5.41, 5.74) is 0.485. The van der Waals surface area contributed by atoms with Gasteiger partial charge in [0.1, 0.15) is 10.8 Å². The zero-order valence-corrected chi connectivity index (χ0v) is 14.7. The first kappa shape index (κ1) is 16.5. The van der Waals surface area contributed by atoms with E-state index in [1.54, 1.807) is 12.1 Å². The van der Waals surface area contributed by atoms with E-state index in [-0.39, 0.29) is 10.8 Å². The third-order valence-corrected chi connectivity index (χ3v) is 8.71. The molecule has 0 atom stereocenters.